The Morgan fingerprint density at radius 3 is 2.52 bits per heavy atom. The highest BCUT2D eigenvalue weighted by molar-refractivity contribution is 6.00. The summed E-state index contributed by atoms with van der Waals surface area (Å²) >= 11 is 0. The number of hydrogen-bond acceptors (Lipinski definition) is 3. The highest BCUT2D eigenvalue weighted by Gasteiger charge is 2.56. The number of ether oxygens (including phenoxy) is 1. The Kier molecular flexibility index (Phi) is 4.91. The zero-order valence-corrected chi connectivity index (χ0v) is 13.6. The van der Waals surface area contributed by atoms with Crippen LogP contribution in [0.3, 0.4) is 0 Å². The van der Waals surface area contributed by atoms with Gasteiger partial charge in [-0.05, 0) is 38.5 Å². The van der Waals surface area contributed by atoms with E-state index in [4.69, 9.17) is 4.74 Å². The summed E-state index contributed by atoms with van der Waals surface area (Å²) in [6, 6.07) is -0.377. The monoisotopic (exact) mass is 296 g/mol. The Balaban J connectivity index is 2.31. The standard InChI is InChI=1S/C16H28N2O3/c1-5-7-12(10-21-4)18-13(6-2)14(19)17-16(3,15(18)20)11-8-9-11/h11-13H,5-10H2,1-4H3,(H,17,19). The van der Waals surface area contributed by atoms with Crippen molar-refractivity contribution in [3.8, 4) is 0 Å². The van der Waals surface area contributed by atoms with Gasteiger partial charge in [-0.3, -0.25) is 9.59 Å². The summed E-state index contributed by atoms with van der Waals surface area (Å²) in [7, 11) is 1.65. The van der Waals surface area contributed by atoms with E-state index in [0.717, 1.165) is 25.7 Å². The molecule has 21 heavy (non-hydrogen) atoms. The van der Waals surface area contributed by atoms with Crippen molar-refractivity contribution in [3.05, 3.63) is 0 Å². The summed E-state index contributed by atoms with van der Waals surface area (Å²) in [5.41, 5.74) is -0.720. The lowest BCUT2D eigenvalue weighted by molar-refractivity contribution is -0.160. The van der Waals surface area contributed by atoms with Crippen molar-refractivity contribution in [2.75, 3.05) is 13.7 Å². The van der Waals surface area contributed by atoms with Crippen molar-refractivity contribution in [2.45, 2.75) is 70.5 Å². The summed E-state index contributed by atoms with van der Waals surface area (Å²) in [5, 5.41) is 3.00. The molecule has 1 N–H and O–H groups in total. The Hall–Kier alpha value is -1.10. The van der Waals surface area contributed by atoms with E-state index in [1.165, 1.54) is 0 Å². The Morgan fingerprint density at radius 1 is 1.38 bits per heavy atom. The number of carbonyl (C=O) groups excluding carboxylic acids is 2. The van der Waals surface area contributed by atoms with Gasteiger partial charge in [-0.15, -0.1) is 0 Å². The van der Waals surface area contributed by atoms with E-state index >= 15 is 0 Å². The molecular weight excluding hydrogens is 268 g/mol. The van der Waals surface area contributed by atoms with Gasteiger partial charge in [0.15, 0.2) is 0 Å². The van der Waals surface area contributed by atoms with E-state index in [2.05, 4.69) is 12.2 Å². The van der Waals surface area contributed by atoms with Crippen molar-refractivity contribution >= 4 is 11.8 Å². The molecular formula is C16H28N2O3. The SMILES string of the molecule is CCCC(COC)N1C(=O)C(C)(C2CC2)NC(=O)C1CC. The van der Waals surface area contributed by atoms with Crippen molar-refractivity contribution < 1.29 is 14.3 Å². The van der Waals surface area contributed by atoms with Gasteiger partial charge < -0.3 is 15.0 Å². The first-order valence-electron chi connectivity index (χ1n) is 8.13. The first-order chi connectivity index (χ1) is 9.99. The molecule has 0 radical (unpaired) electrons. The fourth-order valence-electron chi connectivity index (χ4n) is 3.50. The third-order valence-electron chi connectivity index (χ3n) is 4.85. The normalized spacial score (nSPS) is 31.2. The van der Waals surface area contributed by atoms with Gasteiger partial charge in [0.1, 0.15) is 11.6 Å². The molecule has 2 rings (SSSR count). The molecule has 0 spiro atoms. The van der Waals surface area contributed by atoms with Gasteiger partial charge in [0, 0.05) is 7.11 Å². The minimum absolute atomic E-state index is 0.0105. The number of methoxy groups -OCH3 is 1. The summed E-state index contributed by atoms with van der Waals surface area (Å²) < 4.78 is 5.30. The fraction of sp³-hybridized carbons (Fsp3) is 0.875. The molecule has 1 aliphatic carbocycles. The minimum atomic E-state index is -0.720. The second-order valence-corrected chi connectivity index (χ2v) is 6.50. The molecule has 3 atom stereocenters. The van der Waals surface area contributed by atoms with Crippen LogP contribution >= 0.6 is 0 Å². The minimum Gasteiger partial charge on any atom is -0.383 e. The highest BCUT2D eigenvalue weighted by atomic mass is 16.5. The van der Waals surface area contributed by atoms with Gasteiger partial charge >= 0.3 is 0 Å². The van der Waals surface area contributed by atoms with Crippen molar-refractivity contribution in [1.29, 1.82) is 0 Å². The zero-order chi connectivity index (χ0) is 15.6. The third kappa shape index (κ3) is 2.93. The number of rotatable bonds is 7. The zero-order valence-electron chi connectivity index (χ0n) is 13.6. The molecule has 0 aromatic heterocycles. The van der Waals surface area contributed by atoms with E-state index in [1.54, 1.807) is 7.11 Å². The molecule has 5 nitrogen and oxygen atoms in total. The number of piperazine rings is 1. The van der Waals surface area contributed by atoms with Crippen LogP contribution in [-0.2, 0) is 14.3 Å². The number of hydrogen-bond donors (Lipinski definition) is 1. The number of carbonyl (C=O) groups is 2. The van der Waals surface area contributed by atoms with Gasteiger partial charge in [-0.25, -0.2) is 0 Å². The third-order valence-corrected chi connectivity index (χ3v) is 4.85. The molecule has 3 unspecified atom stereocenters. The van der Waals surface area contributed by atoms with Gasteiger partial charge in [0.25, 0.3) is 0 Å². The van der Waals surface area contributed by atoms with Crippen molar-refractivity contribution in [3.63, 3.8) is 0 Å². The quantitative estimate of drug-likeness (QED) is 0.778. The fourth-order valence-corrected chi connectivity index (χ4v) is 3.50. The molecule has 5 heteroatoms. The number of amides is 2. The van der Waals surface area contributed by atoms with Crippen LogP contribution in [0.25, 0.3) is 0 Å². The Morgan fingerprint density at radius 2 is 2.05 bits per heavy atom. The first kappa shape index (κ1) is 16.3. The van der Waals surface area contributed by atoms with Gasteiger partial charge in [0.2, 0.25) is 11.8 Å². The molecule has 2 amide bonds. The average molecular weight is 296 g/mol. The van der Waals surface area contributed by atoms with E-state index < -0.39 is 5.54 Å². The second kappa shape index (κ2) is 6.34. The van der Waals surface area contributed by atoms with E-state index in [0.29, 0.717) is 18.9 Å². The molecule has 0 aromatic carbocycles. The topological polar surface area (TPSA) is 58.6 Å². The van der Waals surface area contributed by atoms with Crippen LogP contribution in [0.5, 0.6) is 0 Å². The van der Waals surface area contributed by atoms with Crippen molar-refractivity contribution in [1.82, 2.24) is 10.2 Å². The molecule has 0 bridgehead atoms. The predicted molar refractivity (Wildman–Crippen MR) is 80.8 cm³/mol. The van der Waals surface area contributed by atoms with Gasteiger partial charge in [-0.2, -0.15) is 0 Å². The highest BCUT2D eigenvalue weighted by Crippen LogP contribution is 2.43. The van der Waals surface area contributed by atoms with Crippen LogP contribution in [-0.4, -0.2) is 48.1 Å². The molecule has 1 saturated carbocycles. The van der Waals surface area contributed by atoms with E-state index in [-0.39, 0.29) is 23.9 Å². The van der Waals surface area contributed by atoms with Crippen LogP contribution in [0.4, 0.5) is 0 Å². The van der Waals surface area contributed by atoms with E-state index in [9.17, 15) is 9.59 Å². The first-order valence-corrected chi connectivity index (χ1v) is 8.13. The maximum atomic E-state index is 13.1. The molecule has 2 aliphatic rings. The van der Waals surface area contributed by atoms with Crippen molar-refractivity contribution in [2.24, 2.45) is 5.92 Å². The Bertz CT molecular complexity index is 402. The maximum Gasteiger partial charge on any atom is 0.249 e. The second-order valence-electron chi connectivity index (χ2n) is 6.50. The summed E-state index contributed by atoms with van der Waals surface area (Å²) in [6.45, 7) is 6.43. The molecule has 0 aromatic rings. The van der Waals surface area contributed by atoms with E-state index in [1.807, 2.05) is 18.7 Å². The molecule has 2 fully saturated rings. The molecule has 1 aliphatic heterocycles. The van der Waals surface area contributed by atoms with Gasteiger partial charge in [-0.1, -0.05) is 20.3 Å². The lowest BCUT2D eigenvalue weighted by atomic mass is 9.87. The number of nitrogens with zero attached hydrogens (tertiary/aromatic N) is 1. The molecule has 1 heterocycles. The van der Waals surface area contributed by atoms with Crippen LogP contribution in [0.15, 0.2) is 0 Å². The molecule has 1 saturated heterocycles. The smallest absolute Gasteiger partial charge is 0.249 e. The van der Waals surface area contributed by atoms with Crippen LogP contribution in [0, 0.1) is 5.92 Å². The largest absolute Gasteiger partial charge is 0.383 e. The Labute approximate surface area is 127 Å². The average Bonchev–Trinajstić information content (AvgIpc) is 3.27. The lowest BCUT2D eigenvalue weighted by Crippen LogP contribution is -2.72. The van der Waals surface area contributed by atoms with Crippen LogP contribution in [0.1, 0.15) is 52.9 Å². The maximum absolute atomic E-state index is 13.1. The molecule has 120 valence electrons. The van der Waals surface area contributed by atoms with Gasteiger partial charge in [0.05, 0.1) is 12.6 Å². The summed E-state index contributed by atoms with van der Waals surface area (Å²) in [4.78, 5) is 27.4. The summed E-state index contributed by atoms with van der Waals surface area (Å²) in [5.74, 6) is 0.356. The lowest BCUT2D eigenvalue weighted by Gasteiger charge is -2.47. The number of nitrogens with one attached hydrogen (secondary N) is 1. The van der Waals surface area contributed by atoms with Crippen LogP contribution in [0.2, 0.25) is 0 Å². The summed E-state index contributed by atoms with van der Waals surface area (Å²) in [6.07, 6.45) is 4.52. The van der Waals surface area contributed by atoms with Crippen LogP contribution < -0.4 is 5.32 Å². The predicted octanol–water partition coefficient (Wildman–Crippen LogP) is 1.71.